The van der Waals surface area contributed by atoms with Gasteiger partial charge < -0.3 is 9.88 Å². The lowest BCUT2D eigenvalue weighted by atomic mass is 10.1. The van der Waals surface area contributed by atoms with Crippen LogP contribution in [-0.4, -0.2) is 16.1 Å². The van der Waals surface area contributed by atoms with Crippen LogP contribution in [0.2, 0.25) is 0 Å². The van der Waals surface area contributed by atoms with E-state index in [0.29, 0.717) is 6.04 Å². The van der Waals surface area contributed by atoms with Crippen LogP contribution in [0.25, 0.3) is 0 Å². The molecule has 1 unspecified atom stereocenters. The minimum absolute atomic E-state index is 0.390. The number of halogens is 1. The Kier molecular flexibility index (Phi) is 4.96. The third kappa shape index (κ3) is 3.96. The molecular weight excluding hydrogens is 290 g/mol. The predicted octanol–water partition coefficient (Wildman–Crippen LogP) is 3.39. The van der Waals surface area contributed by atoms with Crippen LogP contribution in [0.15, 0.2) is 47.5 Å². The van der Waals surface area contributed by atoms with Crippen LogP contribution in [0.3, 0.4) is 0 Å². The first-order valence-electron chi connectivity index (χ1n) is 6.20. The van der Waals surface area contributed by atoms with Gasteiger partial charge >= 0.3 is 0 Å². The topological polar surface area (TPSA) is 29.9 Å². The molecule has 2 aromatic rings. The monoisotopic (exact) mass is 307 g/mol. The highest BCUT2D eigenvalue weighted by atomic mass is 79.9. The number of benzene rings is 1. The van der Waals surface area contributed by atoms with E-state index < -0.39 is 0 Å². The molecule has 0 bridgehead atoms. The van der Waals surface area contributed by atoms with E-state index >= 15 is 0 Å². The molecular formula is C14H18BrN3. The lowest BCUT2D eigenvalue weighted by molar-refractivity contribution is 0.526. The van der Waals surface area contributed by atoms with Gasteiger partial charge in [0.1, 0.15) is 0 Å². The molecule has 0 saturated heterocycles. The summed E-state index contributed by atoms with van der Waals surface area (Å²) in [4.78, 5) is 4.03. The van der Waals surface area contributed by atoms with E-state index in [9.17, 15) is 0 Å². The summed E-state index contributed by atoms with van der Waals surface area (Å²) in [5.41, 5.74) is 1.32. The van der Waals surface area contributed by atoms with E-state index in [4.69, 9.17) is 0 Å². The largest absolute Gasteiger partial charge is 0.337 e. The van der Waals surface area contributed by atoms with Crippen LogP contribution in [0.1, 0.15) is 24.9 Å². The van der Waals surface area contributed by atoms with Gasteiger partial charge in [-0.25, -0.2) is 4.98 Å². The summed E-state index contributed by atoms with van der Waals surface area (Å²) in [5.74, 6) is 0. The zero-order valence-electron chi connectivity index (χ0n) is 10.5. The highest BCUT2D eigenvalue weighted by molar-refractivity contribution is 9.10. The number of hydrogen-bond acceptors (Lipinski definition) is 2. The molecule has 1 atom stereocenters. The van der Waals surface area contributed by atoms with Gasteiger partial charge in [-0.3, -0.25) is 0 Å². The van der Waals surface area contributed by atoms with Gasteiger partial charge in [0.15, 0.2) is 0 Å². The molecule has 0 radical (unpaired) electrons. The molecule has 4 heteroatoms. The molecule has 1 aromatic carbocycles. The fourth-order valence-corrected chi connectivity index (χ4v) is 2.13. The first-order valence-corrected chi connectivity index (χ1v) is 6.99. The van der Waals surface area contributed by atoms with E-state index in [1.807, 2.05) is 18.7 Å². The van der Waals surface area contributed by atoms with Gasteiger partial charge in [-0.15, -0.1) is 0 Å². The lowest BCUT2D eigenvalue weighted by Gasteiger charge is -2.14. The molecule has 0 aliphatic heterocycles. The fourth-order valence-electron chi connectivity index (χ4n) is 1.87. The second kappa shape index (κ2) is 6.71. The highest BCUT2D eigenvalue weighted by Gasteiger charge is 2.03. The van der Waals surface area contributed by atoms with Crippen molar-refractivity contribution in [1.29, 1.82) is 0 Å². The fraction of sp³-hybridized carbons (Fsp3) is 0.357. The van der Waals surface area contributed by atoms with Crippen LogP contribution in [-0.2, 0) is 6.54 Å². The Morgan fingerprint density at radius 1 is 1.33 bits per heavy atom. The molecule has 96 valence electrons. The number of nitrogens with one attached hydrogen (secondary N) is 1. The molecule has 0 saturated carbocycles. The summed E-state index contributed by atoms with van der Waals surface area (Å²) in [5, 5.41) is 3.53. The van der Waals surface area contributed by atoms with Gasteiger partial charge in [-0.05, 0) is 37.6 Å². The number of aromatic nitrogens is 2. The van der Waals surface area contributed by atoms with Crippen molar-refractivity contribution in [1.82, 2.24) is 14.9 Å². The third-order valence-electron chi connectivity index (χ3n) is 2.97. The van der Waals surface area contributed by atoms with Crippen LogP contribution < -0.4 is 5.32 Å². The standard InChI is InChI=1S/C14H18BrN3/c1-12(13-3-5-14(15)6-4-13)17-7-2-9-18-10-8-16-11-18/h3-6,8,10-12,17H,2,7,9H2,1H3. The first kappa shape index (κ1) is 13.3. The van der Waals surface area contributed by atoms with Crippen molar-refractivity contribution in [3.8, 4) is 0 Å². The molecule has 18 heavy (non-hydrogen) atoms. The van der Waals surface area contributed by atoms with Crippen LogP contribution in [0.5, 0.6) is 0 Å². The average molecular weight is 308 g/mol. The molecule has 2 rings (SSSR count). The summed E-state index contributed by atoms with van der Waals surface area (Å²) in [6.07, 6.45) is 6.78. The maximum absolute atomic E-state index is 4.03. The van der Waals surface area contributed by atoms with Gasteiger partial charge in [0, 0.05) is 29.5 Å². The molecule has 0 fully saturated rings. The molecule has 0 spiro atoms. The number of imidazole rings is 1. The van der Waals surface area contributed by atoms with E-state index in [-0.39, 0.29) is 0 Å². The SMILES string of the molecule is CC(NCCCn1ccnc1)c1ccc(Br)cc1. The molecule has 1 heterocycles. The van der Waals surface area contributed by atoms with Crippen molar-refractivity contribution < 1.29 is 0 Å². The quantitative estimate of drug-likeness (QED) is 0.829. The Morgan fingerprint density at radius 3 is 2.78 bits per heavy atom. The minimum atomic E-state index is 0.390. The van der Waals surface area contributed by atoms with E-state index in [1.165, 1.54) is 5.56 Å². The van der Waals surface area contributed by atoms with Crippen molar-refractivity contribution in [2.24, 2.45) is 0 Å². The number of aryl methyl sites for hydroxylation is 1. The van der Waals surface area contributed by atoms with Gasteiger partial charge in [0.2, 0.25) is 0 Å². The van der Waals surface area contributed by atoms with Crippen molar-refractivity contribution in [2.75, 3.05) is 6.54 Å². The van der Waals surface area contributed by atoms with Crippen LogP contribution in [0.4, 0.5) is 0 Å². The second-order valence-corrected chi connectivity index (χ2v) is 5.30. The Labute approximate surface area is 116 Å². The Balaban J connectivity index is 1.71. The van der Waals surface area contributed by atoms with Crippen molar-refractivity contribution in [2.45, 2.75) is 25.9 Å². The van der Waals surface area contributed by atoms with Crippen LogP contribution in [0, 0.1) is 0 Å². The zero-order valence-corrected chi connectivity index (χ0v) is 12.1. The van der Waals surface area contributed by atoms with E-state index in [0.717, 1.165) is 24.0 Å². The second-order valence-electron chi connectivity index (χ2n) is 4.38. The predicted molar refractivity (Wildman–Crippen MR) is 77.4 cm³/mol. The number of rotatable bonds is 6. The zero-order chi connectivity index (χ0) is 12.8. The lowest BCUT2D eigenvalue weighted by Crippen LogP contribution is -2.20. The average Bonchev–Trinajstić information content (AvgIpc) is 2.88. The Bertz CT molecular complexity index is 450. The molecule has 0 aliphatic carbocycles. The maximum atomic E-state index is 4.03. The normalized spacial score (nSPS) is 12.6. The molecule has 1 aromatic heterocycles. The number of hydrogen-bond donors (Lipinski definition) is 1. The van der Waals surface area contributed by atoms with Gasteiger partial charge in [0.25, 0.3) is 0 Å². The van der Waals surface area contributed by atoms with Gasteiger partial charge in [-0.1, -0.05) is 28.1 Å². The summed E-state index contributed by atoms with van der Waals surface area (Å²) >= 11 is 3.45. The third-order valence-corrected chi connectivity index (χ3v) is 3.50. The summed E-state index contributed by atoms with van der Waals surface area (Å²) in [6.45, 7) is 4.22. The Hall–Kier alpha value is -1.13. The summed E-state index contributed by atoms with van der Waals surface area (Å²) in [7, 11) is 0. The molecule has 0 aliphatic rings. The molecule has 0 amide bonds. The highest BCUT2D eigenvalue weighted by Crippen LogP contribution is 2.16. The Morgan fingerprint density at radius 2 is 2.11 bits per heavy atom. The summed E-state index contributed by atoms with van der Waals surface area (Å²) in [6, 6.07) is 8.86. The maximum Gasteiger partial charge on any atom is 0.0945 e. The van der Waals surface area contributed by atoms with Crippen molar-refractivity contribution in [3.63, 3.8) is 0 Å². The summed E-state index contributed by atoms with van der Waals surface area (Å²) < 4.78 is 3.23. The minimum Gasteiger partial charge on any atom is -0.337 e. The van der Waals surface area contributed by atoms with Crippen molar-refractivity contribution in [3.05, 3.63) is 53.0 Å². The first-order chi connectivity index (χ1) is 8.75. The van der Waals surface area contributed by atoms with Crippen molar-refractivity contribution >= 4 is 15.9 Å². The molecule has 3 nitrogen and oxygen atoms in total. The van der Waals surface area contributed by atoms with E-state index in [2.05, 4.69) is 62.0 Å². The van der Waals surface area contributed by atoms with Gasteiger partial charge in [-0.2, -0.15) is 0 Å². The molecule has 1 N–H and O–H groups in total. The van der Waals surface area contributed by atoms with Crippen LogP contribution >= 0.6 is 15.9 Å². The van der Waals surface area contributed by atoms with Gasteiger partial charge in [0.05, 0.1) is 6.33 Å². The number of nitrogens with zero attached hydrogens (tertiary/aromatic N) is 2. The smallest absolute Gasteiger partial charge is 0.0945 e. The van der Waals surface area contributed by atoms with E-state index in [1.54, 1.807) is 0 Å².